The molecule has 0 fully saturated rings. The Bertz CT molecular complexity index is 914. The maximum Gasteiger partial charge on any atom is 0.236 e. The molecule has 0 bridgehead atoms. The number of anilines is 1. The second-order valence-electron chi connectivity index (χ2n) is 5.18. The van der Waals surface area contributed by atoms with Crippen molar-refractivity contribution >= 4 is 34.1 Å². The van der Waals surface area contributed by atoms with Gasteiger partial charge >= 0.3 is 0 Å². The van der Waals surface area contributed by atoms with Gasteiger partial charge < -0.3 is 10.1 Å². The van der Waals surface area contributed by atoms with Crippen molar-refractivity contribution in [3.8, 4) is 17.0 Å². The molecule has 1 heterocycles. The largest absolute Gasteiger partial charge is 0.497 e. The Morgan fingerprint density at radius 3 is 2.69 bits per heavy atom. The summed E-state index contributed by atoms with van der Waals surface area (Å²) < 4.78 is 31.6. The van der Waals surface area contributed by atoms with Crippen LogP contribution >= 0.6 is 23.1 Å². The maximum absolute atomic E-state index is 13.6. The number of rotatable bonds is 6. The number of benzene rings is 2. The fraction of sp³-hybridized carbons (Fsp3) is 0.111. The molecule has 0 spiro atoms. The molecule has 1 N–H and O–H groups in total. The van der Waals surface area contributed by atoms with E-state index in [0.717, 1.165) is 40.9 Å². The average molecular weight is 392 g/mol. The summed E-state index contributed by atoms with van der Waals surface area (Å²) in [5.41, 5.74) is 1.65. The van der Waals surface area contributed by atoms with Gasteiger partial charge in [0.25, 0.3) is 0 Å². The molecule has 3 aromatic rings. The summed E-state index contributed by atoms with van der Waals surface area (Å²) in [5.74, 6) is -0.888. The van der Waals surface area contributed by atoms with Crippen LogP contribution in [0.2, 0.25) is 0 Å². The van der Waals surface area contributed by atoms with Crippen LogP contribution in [0.4, 0.5) is 13.9 Å². The van der Waals surface area contributed by atoms with E-state index in [0.29, 0.717) is 5.13 Å². The number of carbonyl (C=O) groups is 1. The van der Waals surface area contributed by atoms with Crippen molar-refractivity contribution in [2.24, 2.45) is 0 Å². The van der Waals surface area contributed by atoms with Gasteiger partial charge in [-0.05, 0) is 36.4 Å². The Balaban J connectivity index is 1.58. The summed E-state index contributed by atoms with van der Waals surface area (Å²) >= 11 is 2.30. The monoisotopic (exact) mass is 392 g/mol. The van der Waals surface area contributed by atoms with E-state index in [1.165, 1.54) is 17.4 Å². The lowest BCUT2D eigenvalue weighted by molar-refractivity contribution is -0.113. The highest BCUT2D eigenvalue weighted by molar-refractivity contribution is 8.00. The van der Waals surface area contributed by atoms with Gasteiger partial charge in [-0.1, -0.05) is 0 Å². The molecule has 0 aliphatic heterocycles. The second-order valence-corrected chi connectivity index (χ2v) is 7.05. The minimum Gasteiger partial charge on any atom is -0.497 e. The summed E-state index contributed by atoms with van der Waals surface area (Å²) in [5, 5.41) is 4.98. The molecule has 0 atom stereocenters. The minimum atomic E-state index is -0.682. The minimum absolute atomic E-state index is 0.00000153. The van der Waals surface area contributed by atoms with E-state index in [4.69, 9.17) is 4.74 Å². The zero-order chi connectivity index (χ0) is 18.5. The highest BCUT2D eigenvalue weighted by Crippen LogP contribution is 2.27. The summed E-state index contributed by atoms with van der Waals surface area (Å²) in [6, 6.07) is 10.7. The SMILES string of the molecule is COc1ccc(-c2csc(NC(=O)CSc3ccc(F)cc3F)n2)cc1. The lowest BCUT2D eigenvalue weighted by Gasteiger charge is -2.03. The third kappa shape index (κ3) is 4.59. The predicted molar refractivity (Wildman–Crippen MR) is 99.8 cm³/mol. The number of carbonyl (C=O) groups excluding carboxylic acids is 1. The molecule has 2 aromatic carbocycles. The van der Waals surface area contributed by atoms with Crippen molar-refractivity contribution in [3.63, 3.8) is 0 Å². The Labute approximate surface area is 157 Å². The van der Waals surface area contributed by atoms with Crippen molar-refractivity contribution < 1.29 is 18.3 Å². The Morgan fingerprint density at radius 1 is 1.23 bits per heavy atom. The maximum atomic E-state index is 13.6. The molecule has 1 amide bonds. The number of thioether (sulfide) groups is 1. The van der Waals surface area contributed by atoms with E-state index in [1.807, 2.05) is 29.6 Å². The van der Waals surface area contributed by atoms with Gasteiger partial charge in [0.15, 0.2) is 5.13 Å². The Hall–Kier alpha value is -2.45. The summed E-state index contributed by atoms with van der Waals surface area (Å²) in [6.07, 6.45) is 0. The Morgan fingerprint density at radius 2 is 2.00 bits per heavy atom. The van der Waals surface area contributed by atoms with Gasteiger partial charge in [-0.15, -0.1) is 23.1 Å². The molecule has 0 aliphatic rings. The van der Waals surface area contributed by atoms with Gasteiger partial charge in [0, 0.05) is 21.9 Å². The highest BCUT2D eigenvalue weighted by Gasteiger charge is 2.11. The van der Waals surface area contributed by atoms with Gasteiger partial charge in [-0.3, -0.25) is 4.79 Å². The first-order chi connectivity index (χ1) is 12.5. The molecule has 0 radical (unpaired) electrons. The van der Waals surface area contributed by atoms with Crippen molar-refractivity contribution in [1.29, 1.82) is 0 Å². The van der Waals surface area contributed by atoms with Gasteiger partial charge in [-0.2, -0.15) is 0 Å². The molecule has 0 unspecified atom stereocenters. The molecule has 3 rings (SSSR count). The number of halogens is 2. The van der Waals surface area contributed by atoms with E-state index >= 15 is 0 Å². The van der Waals surface area contributed by atoms with Crippen LogP contribution in [0.15, 0.2) is 52.7 Å². The normalized spacial score (nSPS) is 10.6. The van der Waals surface area contributed by atoms with E-state index in [2.05, 4.69) is 10.3 Å². The fourth-order valence-electron chi connectivity index (χ4n) is 2.12. The summed E-state index contributed by atoms with van der Waals surface area (Å²) in [6.45, 7) is 0. The van der Waals surface area contributed by atoms with E-state index in [1.54, 1.807) is 7.11 Å². The number of amides is 1. The number of nitrogens with one attached hydrogen (secondary N) is 1. The molecular weight excluding hydrogens is 378 g/mol. The van der Waals surface area contributed by atoms with Gasteiger partial charge in [0.05, 0.1) is 18.6 Å². The molecule has 8 heteroatoms. The van der Waals surface area contributed by atoms with Crippen LogP contribution in [0, 0.1) is 11.6 Å². The highest BCUT2D eigenvalue weighted by atomic mass is 32.2. The van der Waals surface area contributed by atoms with Crippen LogP contribution < -0.4 is 10.1 Å². The van der Waals surface area contributed by atoms with Crippen molar-refractivity contribution in [2.75, 3.05) is 18.2 Å². The lowest BCUT2D eigenvalue weighted by atomic mass is 10.2. The van der Waals surface area contributed by atoms with Crippen LogP contribution in [0.5, 0.6) is 5.75 Å². The zero-order valence-electron chi connectivity index (χ0n) is 13.7. The number of methoxy groups -OCH3 is 1. The second kappa shape index (κ2) is 8.29. The van der Waals surface area contributed by atoms with E-state index in [9.17, 15) is 13.6 Å². The summed E-state index contributed by atoms with van der Waals surface area (Å²) in [7, 11) is 1.60. The van der Waals surface area contributed by atoms with E-state index in [-0.39, 0.29) is 16.6 Å². The molecule has 134 valence electrons. The first-order valence-corrected chi connectivity index (χ1v) is 9.39. The third-order valence-electron chi connectivity index (χ3n) is 3.39. The van der Waals surface area contributed by atoms with Crippen molar-refractivity contribution in [1.82, 2.24) is 4.98 Å². The average Bonchev–Trinajstić information content (AvgIpc) is 3.09. The first kappa shape index (κ1) is 18.3. The van der Waals surface area contributed by atoms with Crippen LogP contribution in [-0.2, 0) is 4.79 Å². The number of hydrogen-bond acceptors (Lipinski definition) is 5. The van der Waals surface area contributed by atoms with Crippen LogP contribution in [0.3, 0.4) is 0 Å². The van der Waals surface area contributed by atoms with Crippen molar-refractivity contribution in [3.05, 3.63) is 59.5 Å². The number of hydrogen-bond donors (Lipinski definition) is 1. The number of aromatic nitrogens is 1. The number of thiazole rings is 1. The quantitative estimate of drug-likeness (QED) is 0.611. The lowest BCUT2D eigenvalue weighted by Crippen LogP contribution is -2.13. The van der Waals surface area contributed by atoms with Gasteiger partial charge in [0.1, 0.15) is 17.4 Å². The topological polar surface area (TPSA) is 51.2 Å². The van der Waals surface area contributed by atoms with Crippen LogP contribution in [0.1, 0.15) is 0 Å². The molecule has 4 nitrogen and oxygen atoms in total. The van der Waals surface area contributed by atoms with Gasteiger partial charge in [0.2, 0.25) is 5.91 Å². The third-order valence-corrected chi connectivity index (χ3v) is 5.20. The zero-order valence-corrected chi connectivity index (χ0v) is 15.3. The standard InChI is InChI=1S/C18H14F2N2O2S2/c1-24-13-5-2-11(3-6-13)15-9-26-18(21-15)22-17(23)10-25-16-7-4-12(19)8-14(16)20/h2-9H,10H2,1H3,(H,21,22,23). The van der Waals surface area contributed by atoms with Crippen LogP contribution in [-0.4, -0.2) is 23.8 Å². The molecule has 0 saturated carbocycles. The number of nitrogens with zero attached hydrogens (tertiary/aromatic N) is 1. The molecule has 1 aromatic heterocycles. The molecule has 0 aliphatic carbocycles. The molecule has 26 heavy (non-hydrogen) atoms. The first-order valence-electron chi connectivity index (χ1n) is 7.53. The smallest absolute Gasteiger partial charge is 0.236 e. The molecule has 0 saturated heterocycles. The number of ether oxygens (including phenoxy) is 1. The molecular formula is C18H14F2N2O2S2. The van der Waals surface area contributed by atoms with Crippen molar-refractivity contribution in [2.45, 2.75) is 4.90 Å². The predicted octanol–water partition coefficient (Wildman–Crippen LogP) is 4.83. The Kier molecular flexibility index (Phi) is 5.85. The summed E-state index contributed by atoms with van der Waals surface area (Å²) in [4.78, 5) is 16.6. The van der Waals surface area contributed by atoms with Crippen LogP contribution in [0.25, 0.3) is 11.3 Å². The van der Waals surface area contributed by atoms with Gasteiger partial charge in [-0.25, -0.2) is 13.8 Å². The fourth-order valence-corrected chi connectivity index (χ4v) is 3.57. The van der Waals surface area contributed by atoms with E-state index < -0.39 is 11.6 Å².